The number of halogens is 1. The van der Waals surface area contributed by atoms with E-state index in [1.165, 1.54) is 6.42 Å². The van der Waals surface area contributed by atoms with Crippen molar-refractivity contribution < 1.29 is 9.53 Å². The largest absolute Gasteiger partial charge is 0.381 e. The highest BCUT2D eigenvalue weighted by Crippen LogP contribution is 2.20. The van der Waals surface area contributed by atoms with Crippen LogP contribution in [0.15, 0.2) is 0 Å². The molecule has 0 spiro atoms. The monoisotopic (exact) mass is 331 g/mol. The number of hydrogen-bond donors (Lipinski definition) is 1. The highest BCUT2D eigenvalue weighted by atomic mass is 35.5. The maximum atomic E-state index is 12.6. The predicted octanol–water partition coefficient (Wildman–Crippen LogP) is 0.977. The summed E-state index contributed by atoms with van der Waals surface area (Å²) in [5.41, 5.74) is 0. The lowest BCUT2D eigenvalue weighted by Crippen LogP contribution is -2.52. The lowest BCUT2D eigenvalue weighted by molar-refractivity contribution is -0.138. The Morgan fingerprint density at radius 2 is 2.00 bits per heavy atom. The molecule has 128 valence electrons. The van der Waals surface area contributed by atoms with Gasteiger partial charge in [-0.05, 0) is 38.6 Å². The minimum atomic E-state index is 0. The fourth-order valence-electron chi connectivity index (χ4n) is 3.86. The topological polar surface area (TPSA) is 44.8 Å². The van der Waals surface area contributed by atoms with Crippen LogP contribution in [0.3, 0.4) is 0 Å². The molecule has 3 saturated heterocycles. The van der Waals surface area contributed by atoms with Crippen LogP contribution in [0, 0.1) is 11.8 Å². The predicted molar refractivity (Wildman–Crippen MR) is 89.4 cm³/mol. The standard InChI is InChI=1S/C16H29N3O2.ClH/c1-13-10-15(2-4-17-13)16(20)19-7-5-18(6-8-19)11-14-3-9-21-12-14;/h13-15,17H,2-12H2,1H3;1H/t13-,14?,15-;/m0./s1. The summed E-state index contributed by atoms with van der Waals surface area (Å²) in [7, 11) is 0. The van der Waals surface area contributed by atoms with Crippen LogP contribution in [-0.2, 0) is 9.53 Å². The molecule has 3 aliphatic heterocycles. The van der Waals surface area contributed by atoms with Gasteiger partial charge in [-0.3, -0.25) is 9.69 Å². The molecule has 6 heteroatoms. The lowest BCUT2D eigenvalue weighted by atomic mass is 9.92. The number of piperazine rings is 1. The number of ether oxygens (including phenoxy) is 1. The molecule has 3 fully saturated rings. The molecule has 3 atom stereocenters. The Hall–Kier alpha value is -0.360. The van der Waals surface area contributed by atoms with E-state index in [0.717, 1.165) is 65.3 Å². The molecule has 0 aliphatic carbocycles. The van der Waals surface area contributed by atoms with Gasteiger partial charge in [0.25, 0.3) is 0 Å². The van der Waals surface area contributed by atoms with Gasteiger partial charge in [-0.1, -0.05) is 0 Å². The average Bonchev–Trinajstić information content (AvgIpc) is 3.00. The molecule has 3 rings (SSSR count). The molecule has 0 bridgehead atoms. The number of nitrogens with one attached hydrogen (secondary N) is 1. The van der Waals surface area contributed by atoms with Crippen LogP contribution >= 0.6 is 12.4 Å². The summed E-state index contributed by atoms with van der Waals surface area (Å²) in [6.45, 7) is 10.0. The second-order valence-corrected chi connectivity index (χ2v) is 6.93. The molecule has 0 aromatic carbocycles. The Morgan fingerprint density at radius 1 is 1.23 bits per heavy atom. The molecule has 22 heavy (non-hydrogen) atoms. The third kappa shape index (κ3) is 4.57. The van der Waals surface area contributed by atoms with E-state index in [1.54, 1.807) is 0 Å². The minimum Gasteiger partial charge on any atom is -0.381 e. The van der Waals surface area contributed by atoms with Crippen LogP contribution < -0.4 is 5.32 Å². The molecule has 5 nitrogen and oxygen atoms in total. The summed E-state index contributed by atoms with van der Waals surface area (Å²) < 4.78 is 5.45. The van der Waals surface area contributed by atoms with Crippen LogP contribution in [0.4, 0.5) is 0 Å². The van der Waals surface area contributed by atoms with E-state index >= 15 is 0 Å². The number of piperidine rings is 1. The highest BCUT2D eigenvalue weighted by molar-refractivity contribution is 5.85. The van der Waals surface area contributed by atoms with E-state index in [9.17, 15) is 4.79 Å². The van der Waals surface area contributed by atoms with Crippen molar-refractivity contribution in [2.24, 2.45) is 11.8 Å². The second kappa shape index (κ2) is 8.48. The van der Waals surface area contributed by atoms with E-state index in [0.29, 0.717) is 17.9 Å². The smallest absolute Gasteiger partial charge is 0.225 e. The van der Waals surface area contributed by atoms with Gasteiger partial charge in [-0.2, -0.15) is 0 Å². The first-order chi connectivity index (χ1) is 10.2. The summed E-state index contributed by atoms with van der Waals surface area (Å²) in [5, 5.41) is 3.43. The minimum absolute atomic E-state index is 0. The zero-order valence-corrected chi connectivity index (χ0v) is 14.4. The van der Waals surface area contributed by atoms with Crippen LogP contribution in [0.25, 0.3) is 0 Å². The maximum Gasteiger partial charge on any atom is 0.225 e. The Kier molecular flexibility index (Phi) is 6.93. The van der Waals surface area contributed by atoms with Crippen LogP contribution in [0.5, 0.6) is 0 Å². The van der Waals surface area contributed by atoms with E-state index < -0.39 is 0 Å². The average molecular weight is 332 g/mol. The van der Waals surface area contributed by atoms with Crippen molar-refractivity contribution in [2.45, 2.75) is 32.2 Å². The molecule has 0 saturated carbocycles. The van der Waals surface area contributed by atoms with Crippen molar-refractivity contribution in [3.63, 3.8) is 0 Å². The Balaban J connectivity index is 0.00000176. The van der Waals surface area contributed by atoms with Crippen molar-refractivity contribution in [3.05, 3.63) is 0 Å². The van der Waals surface area contributed by atoms with Gasteiger partial charge >= 0.3 is 0 Å². The number of carbonyl (C=O) groups is 1. The fourth-order valence-corrected chi connectivity index (χ4v) is 3.86. The van der Waals surface area contributed by atoms with Crippen molar-refractivity contribution in [2.75, 3.05) is 52.5 Å². The SMILES string of the molecule is C[C@H]1C[C@@H](C(=O)N2CCN(CC3CCOC3)CC2)CCN1.Cl. The molecular formula is C16H30ClN3O2. The highest BCUT2D eigenvalue weighted by Gasteiger charge is 2.31. The van der Waals surface area contributed by atoms with Gasteiger partial charge in [-0.25, -0.2) is 0 Å². The van der Waals surface area contributed by atoms with Gasteiger partial charge in [0, 0.05) is 51.3 Å². The normalized spacial score (nSPS) is 33.5. The van der Waals surface area contributed by atoms with E-state index in [4.69, 9.17) is 4.74 Å². The molecule has 1 unspecified atom stereocenters. The summed E-state index contributed by atoms with van der Waals surface area (Å²) in [6.07, 6.45) is 3.20. The third-order valence-corrected chi connectivity index (χ3v) is 5.20. The zero-order valence-electron chi connectivity index (χ0n) is 13.6. The Morgan fingerprint density at radius 3 is 2.64 bits per heavy atom. The first-order valence-electron chi connectivity index (χ1n) is 8.54. The molecule has 0 aromatic heterocycles. The molecule has 0 aromatic rings. The number of hydrogen-bond acceptors (Lipinski definition) is 4. The number of carbonyl (C=O) groups excluding carboxylic acids is 1. The fraction of sp³-hybridized carbons (Fsp3) is 0.938. The molecule has 3 heterocycles. The molecule has 1 N–H and O–H groups in total. The summed E-state index contributed by atoms with van der Waals surface area (Å²) >= 11 is 0. The lowest BCUT2D eigenvalue weighted by Gasteiger charge is -2.38. The maximum absolute atomic E-state index is 12.6. The third-order valence-electron chi connectivity index (χ3n) is 5.20. The summed E-state index contributed by atoms with van der Waals surface area (Å²) in [6, 6.07) is 0.483. The van der Waals surface area contributed by atoms with Crippen molar-refractivity contribution in [3.8, 4) is 0 Å². The van der Waals surface area contributed by atoms with E-state index in [-0.39, 0.29) is 18.3 Å². The summed E-state index contributed by atoms with van der Waals surface area (Å²) in [5.74, 6) is 1.35. The second-order valence-electron chi connectivity index (χ2n) is 6.93. The van der Waals surface area contributed by atoms with Gasteiger partial charge in [0.2, 0.25) is 5.91 Å². The molecule has 0 radical (unpaired) electrons. The van der Waals surface area contributed by atoms with Gasteiger partial charge in [-0.15, -0.1) is 12.4 Å². The first kappa shape index (κ1) is 18.0. The van der Waals surface area contributed by atoms with Crippen molar-refractivity contribution in [1.29, 1.82) is 0 Å². The summed E-state index contributed by atoms with van der Waals surface area (Å²) in [4.78, 5) is 17.2. The van der Waals surface area contributed by atoms with E-state index in [1.807, 2.05) is 0 Å². The quantitative estimate of drug-likeness (QED) is 0.837. The number of amides is 1. The van der Waals surface area contributed by atoms with Gasteiger partial charge in [0.05, 0.1) is 6.61 Å². The molecule has 1 amide bonds. The number of rotatable bonds is 3. The van der Waals surface area contributed by atoms with Crippen LogP contribution in [0.2, 0.25) is 0 Å². The van der Waals surface area contributed by atoms with Gasteiger partial charge < -0.3 is 15.0 Å². The van der Waals surface area contributed by atoms with Gasteiger partial charge in [0.15, 0.2) is 0 Å². The zero-order chi connectivity index (χ0) is 14.7. The van der Waals surface area contributed by atoms with Crippen LogP contribution in [0.1, 0.15) is 26.2 Å². The molecule has 3 aliphatic rings. The van der Waals surface area contributed by atoms with Crippen LogP contribution in [-0.4, -0.2) is 74.2 Å². The number of nitrogens with zero attached hydrogens (tertiary/aromatic N) is 2. The Labute approximate surface area is 140 Å². The van der Waals surface area contributed by atoms with Crippen molar-refractivity contribution >= 4 is 18.3 Å². The first-order valence-corrected chi connectivity index (χ1v) is 8.54. The van der Waals surface area contributed by atoms with Gasteiger partial charge in [0.1, 0.15) is 0 Å². The van der Waals surface area contributed by atoms with Crippen molar-refractivity contribution in [1.82, 2.24) is 15.1 Å². The Bertz CT molecular complexity index is 355. The molecular weight excluding hydrogens is 302 g/mol. The van der Waals surface area contributed by atoms with E-state index in [2.05, 4.69) is 22.0 Å².